The van der Waals surface area contributed by atoms with Gasteiger partial charge in [-0.15, -0.1) is 0 Å². The van der Waals surface area contributed by atoms with E-state index < -0.39 is 18.0 Å². The first-order chi connectivity index (χ1) is 20.0. The van der Waals surface area contributed by atoms with E-state index in [0.29, 0.717) is 37.6 Å². The highest BCUT2D eigenvalue weighted by molar-refractivity contribution is 5.98. The third kappa shape index (κ3) is 8.42. The first-order valence-corrected chi connectivity index (χ1v) is 13.4. The molecule has 2 aliphatic heterocycles. The van der Waals surface area contributed by atoms with Crippen LogP contribution in [-0.2, 0) is 28.5 Å². The van der Waals surface area contributed by atoms with Crippen LogP contribution in [0.25, 0.3) is 12.2 Å². The molecule has 0 spiro atoms. The maximum atomic E-state index is 12.6. The van der Waals surface area contributed by atoms with Crippen molar-refractivity contribution in [3.05, 3.63) is 70.8 Å². The molecule has 2 aliphatic rings. The lowest BCUT2D eigenvalue weighted by molar-refractivity contribution is -0.152. The Morgan fingerprint density at radius 3 is 1.61 bits per heavy atom. The van der Waals surface area contributed by atoms with E-state index in [0.717, 1.165) is 37.6 Å². The molecule has 2 saturated heterocycles. The minimum Gasteiger partial charge on any atom is -0.458 e. The van der Waals surface area contributed by atoms with E-state index in [2.05, 4.69) is 9.80 Å². The first kappa shape index (κ1) is 29.3. The summed E-state index contributed by atoms with van der Waals surface area (Å²) in [6.45, 7) is 7.21. The second-order valence-electron chi connectivity index (χ2n) is 9.54. The van der Waals surface area contributed by atoms with E-state index in [9.17, 15) is 20.1 Å². The van der Waals surface area contributed by atoms with Crippen LogP contribution in [0.1, 0.15) is 18.1 Å². The third-order valence-electron chi connectivity index (χ3n) is 6.60. The number of nitrogens with zero attached hydrogens (tertiary/aromatic N) is 4. The predicted octanol–water partition coefficient (Wildman–Crippen LogP) is 3.35. The molecule has 2 fully saturated rings. The molecule has 2 heterocycles. The van der Waals surface area contributed by atoms with E-state index in [4.69, 9.17) is 18.9 Å². The van der Waals surface area contributed by atoms with Crippen molar-refractivity contribution in [1.82, 2.24) is 0 Å². The van der Waals surface area contributed by atoms with Gasteiger partial charge >= 0.3 is 11.9 Å². The average Bonchev–Trinajstić information content (AvgIpc) is 3.02. The number of hydrogen-bond acceptors (Lipinski definition) is 10. The molecule has 212 valence electrons. The molecule has 1 atom stereocenters. The van der Waals surface area contributed by atoms with E-state index in [1.165, 1.54) is 19.1 Å². The summed E-state index contributed by atoms with van der Waals surface area (Å²) in [6.07, 6.45) is 2.06. The summed E-state index contributed by atoms with van der Waals surface area (Å²) in [5.41, 5.74) is 3.07. The zero-order valence-corrected chi connectivity index (χ0v) is 23.0. The fourth-order valence-corrected chi connectivity index (χ4v) is 4.36. The van der Waals surface area contributed by atoms with Gasteiger partial charge in [-0.05, 0) is 54.5 Å². The normalized spacial score (nSPS) is 16.8. The smallest absolute Gasteiger partial charge is 0.349 e. The fraction of sp³-hybridized carbons (Fsp3) is 0.355. The number of hydrogen-bond donors (Lipinski definition) is 0. The van der Waals surface area contributed by atoms with Crippen molar-refractivity contribution < 1.29 is 28.5 Å². The quantitative estimate of drug-likeness (QED) is 0.258. The van der Waals surface area contributed by atoms with Crippen molar-refractivity contribution in [3.8, 4) is 12.1 Å². The van der Waals surface area contributed by atoms with Gasteiger partial charge in [-0.3, -0.25) is 0 Å². The molecule has 0 aromatic heterocycles. The molecule has 10 heteroatoms. The number of carbonyl (C=O) groups excluding carboxylic acids is 2. The number of anilines is 2. The molecule has 0 aliphatic carbocycles. The van der Waals surface area contributed by atoms with Crippen molar-refractivity contribution in [2.24, 2.45) is 0 Å². The van der Waals surface area contributed by atoms with Crippen molar-refractivity contribution in [2.45, 2.75) is 13.0 Å². The van der Waals surface area contributed by atoms with Crippen LogP contribution in [0.15, 0.2) is 59.7 Å². The molecule has 10 nitrogen and oxygen atoms in total. The second kappa shape index (κ2) is 14.7. The highest BCUT2D eigenvalue weighted by Gasteiger charge is 2.19. The first-order valence-electron chi connectivity index (χ1n) is 13.4. The Hall–Kier alpha value is -4.64. The SMILES string of the molecule is CC(COC(=O)/C(C#N)=C/c1ccc(N2CCOCC2)cc1)OC(=O)/C(C#N)=C/c1ccc(N2CCOCC2)cc1. The number of benzene rings is 2. The van der Waals surface area contributed by atoms with Crippen LogP contribution in [-0.4, -0.2) is 77.3 Å². The van der Waals surface area contributed by atoms with Crippen LogP contribution in [0, 0.1) is 22.7 Å². The highest BCUT2D eigenvalue weighted by Crippen LogP contribution is 2.20. The van der Waals surface area contributed by atoms with Gasteiger partial charge in [-0.1, -0.05) is 24.3 Å². The van der Waals surface area contributed by atoms with Crippen LogP contribution in [0.5, 0.6) is 0 Å². The van der Waals surface area contributed by atoms with E-state index in [-0.39, 0.29) is 17.8 Å². The van der Waals surface area contributed by atoms with Gasteiger partial charge in [0.05, 0.1) is 26.4 Å². The number of ether oxygens (including phenoxy) is 4. The minimum atomic E-state index is -0.834. The molecule has 0 bridgehead atoms. The molecule has 41 heavy (non-hydrogen) atoms. The summed E-state index contributed by atoms with van der Waals surface area (Å²) in [5, 5.41) is 19.0. The Bertz CT molecular complexity index is 1340. The van der Waals surface area contributed by atoms with E-state index in [1.54, 1.807) is 0 Å². The molecule has 4 rings (SSSR count). The predicted molar refractivity (Wildman–Crippen MR) is 153 cm³/mol. The van der Waals surface area contributed by atoms with Crippen molar-refractivity contribution in [2.75, 3.05) is 69.0 Å². The van der Waals surface area contributed by atoms with Gasteiger partial charge in [-0.2, -0.15) is 10.5 Å². The van der Waals surface area contributed by atoms with Gasteiger partial charge in [-0.25, -0.2) is 9.59 Å². The molecular weight excluding hydrogens is 524 g/mol. The summed E-state index contributed by atoms with van der Waals surface area (Å²) < 4.78 is 21.3. The van der Waals surface area contributed by atoms with Crippen LogP contribution in [0.3, 0.4) is 0 Å². The molecule has 0 saturated carbocycles. The summed E-state index contributed by atoms with van der Waals surface area (Å²) in [6, 6.07) is 18.7. The van der Waals surface area contributed by atoms with E-state index in [1.807, 2.05) is 60.7 Å². The molecule has 2 aromatic carbocycles. The van der Waals surface area contributed by atoms with Gasteiger partial charge in [0.25, 0.3) is 0 Å². The van der Waals surface area contributed by atoms with Crippen molar-refractivity contribution >= 4 is 35.5 Å². The highest BCUT2D eigenvalue weighted by atomic mass is 16.6. The van der Waals surface area contributed by atoms with E-state index >= 15 is 0 Å². The Kier molecular flexibility index (Phi) is 10.5. The second-order valence-corrected chi connectivity index (χ2v) is 9.54. The van der Waals surface area contributed by atoms with Crippen molar-refractivity contribution in [1.29, 1.82) is 10.5 Å². The van der Waals surface area contributed by atoms with Crippen LogP contribution < -0.4 is 9.80 Å². The van der Waals surface area contributed by atoms with Crippen LogP contribution in [0.2, 0.25) is 0 Å². The summed E-state index contributed by atoms with van der Waals surface area (Å²) >= 11 is 0. The average molecular weight is 557 g/mol. The van der Waals surface area contributed by atoms with Gasteiger partial charge in [0.15, 0.2) is 0 Å². The van der Waals surface area contributed by atoms with Gasteiger partial charge in [0.1, 0.15) is 36.0 Å². The zero-order chi connectivity index (χ0) is 29.0. The molecule has 0 radical (unpaired) electrons. The molecule has 1 unspecified atom stereocenters. The molecule has 2 aromatic rings. The Labute approximate surface area is 239 Å². The largest absolute Gasteiger partial charge is 0.458 e. The van der Waals surface area contributed by atoms with Gasteiger partial charge < -0.3 is 28.7 Å². The minimum absolute atomic E-state index is 0.180. The monoisotopic (exact) mass is 556 g/mol. The summed E-state index contributed by atoms with van der Waals surface area (Å²) in [4.78, 5) is 29.5. The Balaban J connectivity index is 1.28. The lowest BCUT2D eigenvalue weighted by Gasteiger charge is -2.28. The zero-order valence-electron chi connectivity index (χ0n) is 23.0. The molecular formula is C31H32N4O6. The number of rotatable bonds is 9. The lowest BCUT2D eigenvalue weighted by Crippen LogP contribution is -2.36. The number of esters is 2. The topological polar surface area (TPSA) is 125 Å². The standard InChI is InChI=1S/C31H32N4O6/c1-23(41-31(37)27(21-33)19-25-4-8-29(9-5-25)35-12-16-39-17-13-35)22-40-30(36)26(20-32)18-24-2-6-28(7-3-24)34-10-14-38-15-11-34/h2-9,18-19,23H,10-17,22H2,1H3/b26-18+,27-19+. The molecule has 0 amide bonds. The van der Waals surface area contributed by atoms with Crippen LogP contribution >= 0.6 is 0 Å². The lowest BCUT2D eigenvalue weighted by atomic mass is 10.1. The maximum Gasteiger partial charge on any atom is 0.349 e. The van der Waals surface area contributed by atoms with Crippen LogP contribution in [0.4, 0.5) is 11.4 Å². The van der Waals surface area contributed by atoms with Gasteiger partial charge in [0.2, 0.25) is 0 Å². The Morgan fingerprint density at radius 1 is 0.780 bits per heavy atom. The fourth-order valence-electron chi connectivity index (χ4n) is 4.36. The third-order valence-corrected chi connectivity index (χ3v) is 6.60. The summed E-state index contributed by atoms with van der Waals surface area (Å²) in [7, 11) is 0. The molecule has 0 N–H and O–H groups in total. The summed E-state index contributed by atoms with van der Waals surface area (Å²) in [5.74, 6) is -1.66. The maximum absolute atomic E-state index is 12.6. The number of morpholine rings is 2. The van der Waals surface area contributed by atoms with Gasteiger partial charge in [0, 0.05) is 37.6 Å². The number of nitriles is 2. The number of carbonyl (C=O) groups is 2. The Morgan fingerprint density at radius 2 is 1.20 bits per heavy atom. The van der Waals surface area contributed by atoms with Crippen molar-refractivity contribution in [3.63, 3.8) is 0 Å².